The largest absolute Gasteiger partial charge is 0.300 e. The van der Waals surface area contributed by atoms with Gasteiger partial charge in [-0.1, -0.05) is 0 Å². The maximum atomic E-state index is 3.13. The van der Waals surface area contributed by atoms with Crippen LogP contribution in [0.2, 0.25) is 0 Å². The molecule has 1 N–H and O–H groups in total. The summed E-state index contributed by atoms with van der Waals surface area (Å²) in [5, 5.41) is 0. The molecule has 0 fully saturated rings. The van der Waals surface area contributed by atoms with Crippen LogP contribution < -0.4 is 9.68 Å². The maximum Gasteiger partial charge on any atom is 0.219 e. The minimum Gasteiger partial charge on any atom is -0.300 e. The van der Waals surface area contributed by atoms with Gasteiger partial charge in [-0.15, -0.1) is 0 Å². The van der Waals surface area contributed by atoms with Crippen molar-refractivity contribution in [3.63, 3.8) is 0 Å². The predicted octanol–water partition coefficient (Wildman–Crippen LogP) is -3.58. The van der Waals surface area contributed by atoms with Gasteiger partial charge in [0.2, 0.25) is 10.4 Å². The molecule has 1 aromatic rings. The smallest absolute Gasteiger partial charge is 0.219 e. The molecule has 1 aromatic heterocycles. The SMILES string of the molecule is [SiH3]c1[nH]cc[n+]1[SiH3]. The normalized spacial score (nSPS) is 10.3. The van der Waals surface area contributed by atoms with E-state index in [1.165, 1.54) is 5.45 Å². The zero-order valence-corrected chi connectivity index (χ0v) is 8.60. The fraction of sp³-hybridized carbons (Fsp3) is 0. The third-order valence-electron chi connectivity index (χ3n) is 1.12. The highest BCUT2D eigenvalue weighted by atomic mass is 28.2. The summed E-state index contributed by atoms with van der Waals surface area (Å²) in [6, 6.07) is 0. The van der Waals surface area contributed by atoms with Crippen molar-refractivity contribution in [2.75, 3.05) is 0 Å². The molecule has 0 aliphatic carbocycles. The lowest BCUT2D eigenvalue weighted by Crippen LogP contribution is -2.45. The van der Waals surface area contributed by atoms with Crippen molar-refractivity contribution in [3.8, 4) is 0 Å². The Hall–Kier alpha value is -0.356. The van der Waals surface area contributed by atoms with Crippen LogP contribution in [-0.4, -0.2) is 25.6 Å². The van der Waals surface area contributed by atoms with Crippen LogP contribution in [0.5, 0.6) is 0 Å². The number of hydrogen-bond donors (Lipinski definition) is 1. The molecule has 0 aromatic carbocycles. The fourth-order valence-electron chi connectivity index (χ4n) is 0.483. The molecule has 0 atom stereocenters. The summed E-state index contributed by atoms with van der Waals surface area (Å²) < 4.78 is 2.23. The standard InChI is InChI=1S/C3H8N2Si2/c6-3-4-1-2-5(3)7/h1-2H,6-7H3/p+1. The summed E-state index contributed by atoms with van der Waals surface area (Å²) in [7, 11) is 2.26. The van der Waals surface area contributed by atoms with Gasteiger partial charge in [0, 0.05) is 0 Å². The molecule has 1 heterocycles. The zero-order valence-electron chi connectivity index (χ0n) is 4.60. The summed E-state index contributed by atoms with van der Waals surface area (Å²) >= 11 is 0. The summed E-state index contributed by atoms with van der Waals surface area (Å²) in [6.07, 6.45) is 4.06. The van der Waals surface area contributed by atoms with E-state index in [1.54, 1.807) is 0 Å². The van der Waals surface area contributed by atoms with Gasteiger partial charge in [-0.2, -0.15) is 0 Å². The van der Waals surface area contributed by atoms with Gasteiger partial charge < -0.3 is 0 Å². The third kappa shape index (κ3) is 0.806. The molecule has 2 nitrogen and oxygen atoms in total. The van der Waals surface area contributed by atoms with E-state index in [9.17, 15) is 0 Å². The van der Waals surface area contributed by atoms with Crippen LogP contribution in [0, 0.1) is 0 Å². The van der Waals surface area contributed by atoms with Crippen LogP contribution in [0.3, 0.4) is 0 Å². The highest BCUT2D eigenvalue weighted by Gasteiger charge is 1.91. The van der Waals surface area contributed by atoms with Crippen molar-refractivity contribution >= 4 is 26.1 Å². The van der Waals surface area contributed by atoms with E-state index in [-0.39, 0.29) is 0 Å². The molecule has 0 aliphatic heterocycles. The number of H-pyrrole nitrogens is 1. The van der Waals surface area contributed by atoms with E-state index in [1.807, 2.05) is 6.20 Å². The van der Waals surface area contributed by atoms with E-state index in [0.29, 0.717) is 0 Å². The number of aromatic nitrogens is 2. The van der Waals surface area contributed by atoms with Crippen molar-refractivity contribution < 1.29 is 4.23 Å². The maximum absolute atomic E-state index is 3.13. The van der Waals surface area contributed by atoms with E-state index >= 15 is 0 Å². The Labute approximate surface area is 48.5 Å². The first-order valence-corrected chi connectivity index (χ1v) is 4.20. The molecule has 0 unspecified atom stereocenters. The number of rotatable bonds is 0. The molecule has 38 valence electrons. The van der Waals surface area contributed by atoms with Gasteiger partial charge in [-0.25, -0.2) is 0 Å². The Bertz CT molecular complexity index is 143. The number of imidazole rings is 1. The summed E-state index contributed by atoms with van der Waals surface area (Å²) in [4.78, 5) is 3.13. The van der Waals surface area contributed by atoms with Crippen LogP contribution >= 0.6 is 0 Å². The number of nitrogens with zero attached hydrogens (tertiary/aromatic N) is 1. The zero-order chi connectivity index (χ0) is 5.28. The Morgan fingerprint density at radius 2 is 2.43 bits per heavy atom. The topological polar surface area (TPSA) is 19.7 Å². The van der Waals surface area contributed by atoms with E-state index in [4.69, 9.17) is 0 Å². The second-order valence-electron chi connectivity index (χ2n) is 1.66. The molecule has 0 spiro atoms. The van der Waals surface area contributed by atoms with E-state index < -0.39 is 0 Å². The molecule has 0 saturated carbocycles. The first-order chi connectivity index (χ1) is 3.30. The quantitative estimate of drug-likeness (QED) is 0.350. The first-order valence-electron chi connectivity index (χ1n) is 2.30. The molecule has 1 rings (SSSR count). The van der Waals surface area contributed by atoms with Gasteiger partial charge in [0.1, 0.15) is 22.6 Å². The van der Waals surface area contributed by atoms with Gasteiger partial charge in [0.15, 0.2) is 5.45 Å². The first kappa shape index (κ1) is 4.79. The van der Waals surface area contributed by atoms with Crippen molar-refractivity contribution in [2.45, 2.75) is 0 Å². The second kappa shape index (κ2) is 1.63. The van der Waals surface area contributed by atoms with Crippen molar-refractivity contribution in [2.24, 2.45) is 0 Å². The Balaban J connectivity index is 3.12. The molecule has 0 radical (unpaired) electrons. The van der Waals surface area contributed by atoms with Crippen molar-refractivity contribution in [3.05, 3.63) is 12.4 Å². The van der Waals surface area contributed by atoms with Gasteiger partial charge in [0.05, 0.1) is 0 Å². The number of nitrogens with one attached hydrogen (secondary N) is 1. The highest BCUT2D eigenvalue weighted by Crippen LogP contribution is 1.55. The van der Waals surface area contributed by atoms with Crippen LogP contribution in [0.15, 0.2) is 12.4 Å². The van der Waals surface area contributed by atoms with Gasteiger partial charge in [0.25, 0.3) is 0 Å². The predicted molar refractivity (Wildman–Crippen MR) is 35.9 cm³/mol. The monoisotopic (exact) mass is 129 g/mol. The average Bonchev–Trinajstić information content (AvgIpc) is 1.91. The highest BCUT2D eigenvalue weighted by molar-refractivity contribution is 6.28. The fourth-order valence-corrected chi connectivity index (χ4v) is 1.08. The van der Waals surface area contributed by atoms with Crippen LogP contribution in [-0.2, 0) is 0 Å². The molecule has 7 heavy (non-hydrogen) atoms. The Morgan fingerprint density at radius 3 is 2.57 bits per heavy atom. The number of hydrogen-bond acceptors (Lipinski definition) is 0. The lowest BCUT2D eigenvalue weighted by molar-refractivity contribution is -0.499. The third-order valence-corrected chi connectivity index (χ3v) is 3.98. The molecule has 0 bridgehead atoms. The molecule has 0 aliphatic rings. The van der Waals surface area contributed by atoms with Crippen LogP contribution in [0.25, 0.3) is 0 Å². The van der Waals surface area contributed by atoms with Crippen molar-refractivity contribution in [1.29, 1.82) is 0 Å². The van der Waals surface area contributed by atoms with E-state index in [2.05, 4.69) is 15.4 Å². The lowest BCUT2D eigenvalue weighted by Gasteiger charge is -1.79. The minimum absolute atomic E-state index is 1.12. The molecular weight excluding hydrogens is 120 g/mol. The molecule has 4 heteroatoms. The number of aromatic amines is 1. The van der Waals surface area contributed by atoms with Crippen LogP contribution in [0.1, 0.15) is 0 Å². The van der Waals surface area contributed by atoms with Crippen LogP contribution in [0.4, 0.5) is 0 Å². The van der Waals surface area contributed by atoms with Gasteiger partial charge >= 0.3 is 0 Å². The molecule has 0 amide bonds. The van der Waals surface area contributed by atoms with Crippen molar-refractivity contribution in [1.82, 2.24) is 4.98 Å². The Kier molecular flexibility index (Phi) is 1.12. The van der Waals surface area contributed by atoms with Gasteiger partial charge in [-0.3, -0.25) is 9.22 Å². The summed E-state index contributed by atoms with van der Waals surface area (Å²) in [5.41, 5.74) is 1.38. The van der Waals surface area contributed by atoms with E-state index in [0.717, 1.165) is 20.6 Å². The van der Waals surface area contributed by atoms with Gasteiger partial charge in [-0.05, 0) is 0 Å². The lowest BCUT2D eigenvalue weighted by atomic mass is 11.0. The summed E-state index contributed by atoms with van der Waals surface area (Å²) in [6.45, 7) is 0. The minimum atomic E-state index is 1.12. The molecule has 0 saturated heterocycles. The average molecular weight is 129 g/mol. The Morgan fingerprint density at radius 1 is 1.71 bits per heavy atom. The molecular formula is C3H9N2Si2+. The summed E-state index contributed by atoms with van der Waals surface area (Å²) in [5.74, 6) is 0. The second-order valence-corrected chi connectivity index (χ2v) is 3.57.